The molecule has 0 saturated heterocycles. The van der Waals surface area contributed by atoms with Gasteiger partial charge in [0.2, 0.25) is 0 Å². The Kier molecular flexibility index (Phi) is 4.37. The second-order valence-electron chi connectivity index (χ2n) is 5.51. The van der Waals surface area contributed by atoms with E-state index in [1.807, 2.05) is 24.3 Å². The van der Waals surface area contributed by atoms with Gasteiger partial charge in [0, 0.05) is 11.3 Å². The summed E-state index contributed by atoms with van der Waals surface area (Å²) in [6.45, 7) is 0. The summed E-state index contributed by atoms with van der Waals surface area (Å²) in [7, 11) is 0. The van der Waals surface area contributed by atoms with E-state index < -0.39 is 0 Å². The van der Waals surface area contributed by atoms with E-state index in [2.05, 4.69) is 5.32 Å². The average molecular weight is 299 g/mol. The van der Waals surface area contributed by atoms with Gasteiger partial charge in [0.15, 0.2) is 0 Å². The predicted octanol–water partition coefficient (Wildman–Crippen LogP) is 4.40. The lowest BCUT2D eigenvalue weighted by Crippen LogP contribution is -2.12. The molecule has 1 fully saturated rings. The first-order valence-corrected chi connectivity index (χ1v) is 7.54. The second kappa shape index (κ2) is 6.60. The lowest BCUT2D eigenvalue weighted by molar-refractivity contribution is 0.102. The molecule has 0 unspecified atom stereocenters. The van der Waals surface area contributed by atoms with Gasteiger partial charge in [-0.3, -0.25) is 4.79 Å². The summed E-state index contributed by atoms with van der Waals surface area (Å²) < 4.78 is 18.7. The average Bonchev–Trinajstić information content (AvgIpc) is 3.03. The predicted molar refractivity (Wildman–Crippen MR) is 83.7 cm³/mol. The van der Waals surface area contributed by atoms with Crippen molar-refractivity contribution in [3.05, 3.63) is 59.9 Å². The van der Waals surface area contributed by atoms with Crippen molar-refractivity contribution < 1.29 is 13.9 Å². The van der Waals surface area contributed by atoms with Gasteiger partial charge < -0.3 is 10.1 Å². The maximum absolute atomic E-state index is 12.8. The summed E-state index contributed by atoms with van der Waals surface area (Å²) in [6, 6.07) is 12.8. The number of halogens is 1. The Hall–Kier alpha value is -2.36. The lowest BCUT2D eigenvalue weighted by Gasteiger charge is -2.13. The monoisotopic (exact) mass is 299 g/mol. The maximum atomic E-state index is 12.8. The number of carbonyl (C=O) groups excluding carboxylic acids is 1. The van der Waals surface area contributed by atoms with Gasteiger partial charge in [0.1, 0.15) is 11.6 Å². The molecule has 0 aliphatic heterocycles. The first-order valence-electron chi connectivity index (χ1n) is 7.54. The molecule has 1 saturated carbocycles. The van der Waals surface area contributed by atoms with Crippen LogP contribution in [0, 0.1) is 5.82 Å². The van der Waals surface area contributed by atoms with E-state index in [9.17, 15) is 9.18 Å². The number of amides is 1. The molecule has 0 radical (unpaired) electrons. The van der Waals surface area contributed by atoms with Crippen molar-refractivity contribution in [2.45, 2.75) is 31.8 Å². The molecule has 2 aromatic rings. The number of carbonyl (C=O) groups is 1. The third-order valence-electron chi connectivity index (χ3n) is 3.82. The Labute approximate surface area is 129 Å². The third-order valence-corrected chi connectivity index (χ3v) is 3.82. The summed E-state index contributed by atoms with van der Waals surface area (Å²) in [5.41, 5.74) is 1.11. The molecule has 0 bridgehead atoms. The van der Waals surface area contributed by atoms with Crippen molar-refractivity contribution in [1.29, 1.82) is 0 Å². The topological polar surface area (TPSA) is 38.3 Å². The molecule has 1 amide bonds. The first kappa shape index (κ1) is 14.6. The van der Waals surface area contributed by atoms with Crippen LogP contribution in [0.4, 0.5) is 10.1 Å². The van der Waals surface area contributed by atoms with Crippen LogP contribution in [0.1, 0.15) is 36.0 Å². The largest absolute Gasteiger partial charge is 0.490 e. The van der Waals surface area contributed by atoms with Gasteiger partial charge in [0.05, 0.1) is 6.10 Å². The fourth-order valence-corrected chi connectivity index (χ4v) is 2.62. The van der Waals surface area contributed by atoms with Crippen LogP contribution in [0.2, 0.25) is 0 Å². The van der Waals surface area contributed by atoms with Gasteiger partial charge in [-0.1, -0.05) is 0 Å². The van der Waals surface area contributed by atoms with Crippen molar-refractivity contribution in [3.63, 3.8) is 0 Å². The van der Waals surface area contributed by atoms with Gasteiger partial charge in [-0.05, 0) is 74.2 Å². The molecule has 0 atom stereocenters. The number of nitrogens with one attached hydrogen (secondary N) is 1. The minimum atomic E-state index is -0.357. The third kappa shape index (κ3) is 3.64. The number of benzene rings is 2. The molecule has 4 heteroatoms. The molecule has 0 aromatic heterocycles. The molecule has 22 heavy (non-hydrogen) atoms. The Bertz CT molecular complexity index is 631. The van der Waals surface area contributed by atoms with Gasteiger partial charge >= 0.3 is 0 Å². The van der Waals surface area contributed by atoms with Crippen LogP contribution >= 0.6 is 0 Å². The molecule has 1 N–H and O–H groups in total. The fraction of sp³-hybridized carbons (Fsp3) is 0.278. The van der Waals surface area contributed by atoms with Gasteiger partial charge in [-0.25, -0.2) is 4.39 Å². The summed E-state index contributed by atoms with van der Waals surface area (Å²) in [4.78, 5) is 12.0. The van der Waals surface area contributed by atoms with Crippen LogP contribution in [0.15, 0.2) is 48.5 Å². The van der Waals surface area contributed by atoms with Crippen molar-refractivity contribution in [3.8, 4) is 5.75 Å². The number of hydrogen-bond acceptors (Lipinski definition) is 2. The Balaban J connectivity index is 1.60. The lowest BCUT2D eigenvalue weighted by atomic mass is 10.2. The quantitative estimate of drug-likeness (QED) is 0.908. The molecular weight excluding hydrogens is 281 g/mol. The molecular formula is C18H18FNO2. The highest BCUT2D eigenvalue weighted by Gasteiger charge is 2.16. The number of hydrogen-bond donors (Lipinski definition) is 1. The molecule has 0 heterocycles. The SMILES string of the molecule is O=C(Nc1ccc(OC2CCCC2)cc1)c1ccc(F)cc1. The highest BCUT2D eigenvalue weighted by molar-refractivity contribution is 6.04. The van der Waals surface area contributed by atoms with Gasteiger partial charge in [0.25, 0.3) is 5.91 Å². The first-order chi connectivity index (χ1) is 10.7. The molecule has 2 aromatic carbocycles. The summed E-state index contributed by atoms with van der Waals surface area (Å²) >= 11 is 0. The van der Waals surface area contributed by atoms with E-state index in [0.717, 1.165) is 18.6 Å². The zero-order chi connectivity index (χ0) is 15.4. The molecule has 1 aliphatic carbocycles. The van der Waals surface area contributed by atoms with Gasteiger partial charge in [-0.15, -0.1) is 0 Å². The van der Waals surface area contributed by atoms with Crippen LogP contribution in [0.5, 0.6) is 5.75 Å². The van der Waals surface area contributed by atoms with E-state index in [1.54, 1.807) is 0 Å². The van der Waals surface area contributed by atoms with Crippen molar-refractivity contribution in [2.24, 2.45) is 0 Å². The Morgan fingerprint density at radius 1 is 1.00 bits per heavy atom. The van der Waals surface area contributed by atoms with Crippen LogP contribution in [-0.4, -0.2) is 12.0 Å². The number of ether oxygens (including phenoxy) is 1. The molecule has 0 spiro atoms. The Morgan fingerprint density at radius 2 is 1.64 bits per heavy atom. The summed E-state index contributed by atoms with van der Waals surface area (Å²) in [6.07, 6.45) is 5.01. The normalized spacial score (nSPS) is 14.8. The van der Waals surface area contributed by atoms with E-state index in [4.69, 9.17) is 4.74 Å². The van der Waals surface area contributed by atoms with Crippen LogP contribution in [0.3, 0.4) is 0 Å². The standard InChI is InChI=1S/C18H18FNO2/c19-14-7-5-13(6-8-14)18(21)20-15-9-11-17(12-10-15)22-16-3-1-2-4-16/h5-12,16H,1-4H2,(H,20,21). The van der Waals surface area contributed by atoms with E-state index in [-0.39, 0.29) is 11.7 Å². The highest BCUT2D eigenvalue weighted by Crippen LogP contribution is 2.25. The zero-order valence-corrected chi connectivity index (χ0v) is 12.2. The smallest absolute Gasteiger partial charge is 0.255 e. The maximum Gasteiger partial charge on any atom is 0.255 e. The molecule has 3 nitrogen and oxygen atoms in total. The fourth-order valence-electron chi connectivity index (χ4n) is 2.62. The number of rotatable bonds is 4. The summed E-state index contributed by atoms with van der Waals surface area (Å²) in [5, 5.41) is 2.78. The van der Waals surface area contributed by atoms with Crippen LogP contribution < -0.4 is 10.1 Å². The van der Waals surface area contributed by atoms with Gasteiger partial charge in [-0.2, -0.15) is 0 Å². The van der Waals surface area contributed by atoms with Crippen LogP contribution in [0.25, 0.3) is 0 Å². The minimum Gasteiger partial charge on any atom is -0.490 e. The number of anilines is 1. The Morgan fingerprint density at radius 3 is 2.27 bits per heavy atom. The highest BCUT2D eigenvalue weighted by atomic mass is 19.1. The van der Waals surface area contributed by atoms with Crippen molar-refractivity contribution >= 4 is 11.6 Å². The van der Waals surface area contributed by atoms with E-state index in [0.29, 0.717) is 17.4 Å². The van der Waals surface area contributed by atoms with Crippen molar-refractivity contribution in [1.82, 2.24) is 0 Å². The summed E-state index contributed by atoms with van der Waals surface area (Å²) in [5.74, 6) is 0.209. The minimum absolute atomic E-state index is 0.260. The van der Waals surface area contributed by atoms with E-state index in [1.165, 1.54) is 37.1 Å². The molecule has 114 valence electrons. The van der Waals surface area contributed by atoms with E-state index >= 15 is 0 Å². The van der Waals surface area contributed by atoms with Crippen molar-refractivity contribution in [2.75, 3.05) is 5.32 Å². The molecule has 3 rings (SSSR count). The van der Waals surface area contributed by atoms with Crippen LogP contribution in [-0.2, 0) is 0 Å². The molecule has 1 aliphatic rings. The second-order valence-corrected chi connectivity index (χ2v) is 5.51. The zero-order valence-electron chi connectivity index (χ0n) is 12.2.